The monoisotopic (exact) mass is 340 g/mol. The first kappa shape index (κ1) is 20.2. The largest absolute Gasteiger partial charge is 0.476 e. The summed E-state index contributed by atoms with van der Waals surface area (Å²) in [5.74, 6) is -0.107. The van der Waals surface area contributed by atoms with Gasteiger partial charge in [-0.1, -0.05) is 50.5 Å². The van der Waals surface area contributed by atoms with Gasteiger partial charge in [0, 0.05) is 11.1 Å². The summed E-state index contributed by atoms with van der Waals surface area (Å²) in [7, 11) is 1.32. The number of hydrogen-bond donors (Lipinski definition) is 0. The van der Waals surface area contributed by atoms with Gasteiger partial charge in [0.05, 0.1) is 7.11 Å². The zero-order valence-corrected chi connectivity index (χ0v) is 15.0. The smallest absolute Gasteiger partial charge is 0.349 e. The first-order valence-electron chi connectivity index (χ1n) is 7.95. The van der Waals surface area contributed by atoms with Crippen molar-refractivity contribution in [2.24, 2.45) is 0 Å². The number of rotatable bonds is 9. The van der Waals surface area contributed by atoms with Crippen LogP contribution in [0.15, 0.2) is 73.4 Å². The molecule has 1 unspecified atom stereocenters. The number of carbonyl (C=O) groups excluding carboxylic acids is 2. The Bertz CT molecular complexity index is 695. The predicted molar refractivity (Wildman–Crippen MR) is 99.7 cm³/mol. The van der Waals surface area contributed by atoms with Crippen LogP contribution in [-0.4, -0.2) is 24.5 Å². The molecule has 0 amide bonds. The second kappa shape index (κ2) is 9.42. The predicted octanol–water partition coefficient (Wildman–Crippen LogP) is 4.44. The van der Waals surface area contributed by atoms with Crippen molar-refractivity contribution in [2.75, 3.05) is 7.11 Å². The lowest BCUT2D eigenvalue weighted by Gasteiger charge is -2.26. The maximum atomic E-state index is 12.5. The lowest BCUT2D eigenvalue weighted by atomic mass is 10.0. The summed E-state index contributed by atoms with van der Waals surface area (Å²) in [6, 6.07) is 6.62. The average molecular weight is 340 g/mol. The van der Waals surface area contributed by atoms with Crippen molar-refractivity contribution in [1.82, 2.24) is 0 Å². The molecule has 0 aromatic heterocycles. The number of Topliss-reactive ketones (excluding diaryl/α,β-unsaturated/α-hetero) is 1. The second-order valence-electron chi connectivity index (χ2n) is 5.48. The molecule has 0 aliphatic carbocycles. The Balaban J connectivity index is 2.98. The minimum absolute atomic E-state index is 0.151. The SMILES string of the molecule is C=C/C=C\C=C(/C=C)C(=O)c1ccc(OC(C)(CC)C(=O)OC)cc1. The van der Waals surface area contributed by atoms with Gasteiger partial charge in [-0.15, -0.1) is 0 Å². The molecule has 132 valence electrons. The Morgan fingerprint density at radius 2 is 1.80 bits per heavy atom. The first-order chi connectivity index (χ1) is 11.9. The summed E-state index contributed by atoms with van der Waals surface area (Å²) in [4.78, 5) is 24.3. The van der Waals surface area contributed by atoms with E-state index >= 15 is 0 Å². The first-order valence-corrected chi connectivity index (χ1v) is 7.95. The van der Waals surface area contributed by atoms with Crippen molar-refractivity contribution < 1.29 is 19.1 Å². The Labute approximate surface area is 149 Å². The van der Waals surface area contributed by atoms with Crippen LogP contribution in [0.4, 0.5) is 0 Å². The lowest BCUT2D eigenvalue weighted by Crippen LogP contribution is -2.41. The third-order valence-corrected chi connectivity index (χ3v) is 3.76. The number of esters is 1. The van der Waals surface area contributed by atoms with Crippen LogP contribution in [0.5, 0.6) is 5.75 Å². The summed E-state index contributed by atoms with van der Waals surface area (Å²) in [6.07, 6.45) is 8.71. The van der Waals surface area contributed by atoms with Gasteiger partial charge < -0.3 is 9.47 Å². The molecule has 4 heteroatoms. The van der Waals surface area contributed by atoms with Crippen molar-refractivity contribution in [3.05, 3.63) is 78.9 Å². The summed E-state index contributed by atoms with van der Waals surface area (Å²) in [5, 5.41) is 0. The average Bonchev–Trinajstić information content (AvgIpc) is 2.64. The zero-order chi connectivity index (χ0) is 18.9. The van der Waals surface area contributed by atoms with Crippen LogP contribution in [-0.2, 0) is 9.53 Å². The van der Waals surface area contributed by atoms with Crippen molar-refractivity contribution in [3.8, 4) is 5.75 Å². The van der Waals surface area contributed by atoms with Crippen molar-refractivity contribution in [3.63, 3.8) is 0 Å². The quantitative estimate of drug-likeness (QED) is 0.288. The maximum absolute atomic E-state index is 12.5. The molecule has 0 aliphatic heterocycles. The molecule has 0 bridgehead atoms. The van der Waals surface area contributed by atoms with Gasteiger partial charge in [-0.2, -0.15) is 0 Å². The highest BCUT2D eigenvalue weighted by molar-refractivity contribution is 6.10. The standard InChI is InChI=1S/C21H24O4/c1-6-9-10-11-16(7-2)19(22)17-12-14-18(15-13-17)25-21(4,8-3)20(23)24-5/h6-7,9-15H,1-2,8H2,3-5H3/b10-9-,16-11+. The highest BCUT2D eigenvalue weighted by Crippen LogP contribution is 2.23. The van der Waals surface area contributed by atoms with Gasteiger partial charge in [0.15, 0.2) is 5.78 Å². The summed E-state index contributed by atoms with van der Waals surface area (Å²) in [6.45, 7) is 10.8. The van der Waals surface area contributed by atoms with E-state index in [4.69, 9.17) is 9.47 Å². The number of methoxy groups -OCH3 is 1. The summed E-state index contributed by atoms with van der Waals surface area (Å²) < 4.78 is 10.5. The molecular formula is C21H24O4. The van der Waals surface area contributed by atoms with Gasteiger partial charge in [-0.25, -0.2) is 4.79 Å². The molecule has 0 aliphatic rings. The van der Waals surface area contributed by atoms with E-state index in [0.717, 1.165) is 0 Å². The molecule has 0 saturated heterocycles. The molecule has 0 N–H and O–H groups in total. The molecule has 1 aromatic rings. The van der Waals surface area contributed by atoms with E-state index in [-0.39, 0.29) is 5.78 Å². The van der Waals surface area contributed by atoms with E-state index in [1.165, 1.54) is 13.2 Å². The van der Waals surface area contributed by atoms with E-state index in [9.17, 15) is 9.59 Å². The molecule has 4 nitrogen and oxygen atoms in total. The Kier molecular flexibility index (Phi) is 7.60. The van der Waals surface area contributed by atoms with E-state index in [1.54, 1.807) is 55.5 Å². The van der Waals surface area contributed by atoms with Crippen molar-refractivity contribution in [2.45, 2.75) is 25.9 Å². The van der Waals surface area contributed by atoms with Crippen LogP contribution in [0.3, 0.4) is 0 Å². The molecule has 0 radical (unpaired) electrons. The molecule has 1 atom stereocenters. The number of allylic oxidation sites excluding steroid dienone is 6. The minimum atomic E-state index is -1.07. The van der Waals surface area contributed by atoms with Crippen LogP contribution >= 0.6 is 0 Å². The Morgan fingerprint density at radius 3 is 2.28 bits per heavy atom. The highest BCUT2D eigenvalue weighted by Gasteiger charge is 2.34. The molecule has 0 heterocycles. The molecule has 1 aromatic carbocycles. The second-order valence-corrected chi connectivity index (χ2v) is 5.48. The number of ether oxygens (including phenoxy) is 2. The summed E-state index contributed by atoms with van der Waals surface area (Å²) >= 11 is 0. The van der Waals surface area contributed by atoms with Gasteiger partial charge in [0.2, 0.25) is 5.60 Å². The topological polar surface area (TPSA) is 52.6 Å². The van der Waals surface area contributed by atoms with Crippen molar-refractivity contribution in [1.29, 1.82) is 0 Å². The maximum Gasteiger partial charge on any atom is 0.349 e. The molecular weight excluding hydrogens is 316 g/mol. The molecule has 1 rings (SSSR count). The Morgan fingerprint density at radius 1 is 1.16 bits per heavy atom. The van der Waals surface area contributed by atoms with Gasteiger partial charge in [-0.3, -0.25) is 4.79 Å². The fraction of sp³-hybridized carbons (Fsp3) is 0.238. The number of benzene rings is 1. The number of carbonyl (C=O) groups is 2. The van der Waals surface area contributed by atoms with E-state index in [2.05, 4.69) is 13.2 Å². The van der Waals surface area contributed by atoms with Gasteiger partial charge >= 0.3 is 5.97 Å². The summed E-state index contributed by atoms with van der Waals surface area (Å²) in [5.41, 5.74) is -0.0939. The van der Waals surface area contributed by atoms with Gasteiger partial charge in [0.25, 0.3) is 0 Å². The molecule has 0 fully saturated rings. The number of hydrogen-bond acceptors (Lipinski definition) is 4. The van der Waals surface area contributed by atoms with Crippen LogP contribution in [0.25, 0.3) is 0 Å². The minimum Gasteiger partial charge on any atom is -0.476 e. The van der Waals surface area contributed by atoms with E-state index < -0.39 is 11.6 Å². The van der Waals surface area contributed by atoms with Gasteiger partial charge in [-0.05, 0) is 37.6 Å². The molecule has 25 heavy (non-hydrogen) atoms. The highest BCUT2D eigenvalue weighted by atomic mass is 16.6. The molecule has 0 spiro atoms. The van der Waals surface area contributed by atoms with Crippen LogP contribution in [0, 0.1) is 0 Å². The van der Waals surface area contributed by atoms with Crippen LogP contribution in [0.1, 0.15) is 30.6 Å². The molecule has 0 saturated carbocycles. The normalized spacial score (nSPS) is 13.8. The Hall–Kier alpha value is -2.88. The zero-order valence-electron chi connectivity index (χ0n) is 15.0. The number of ketones is 1. The van der Waals surface area contributed by atoms with Crippen molar-refractivity contribution >= 4 is 11.8 Å². The fourth-order valence-electron chi connectivity index (χ4n) is 2.05. The third kappa shape index (κ3) is 5.31. The van der Waals surface area contributed by atoms with Gasteiger partial charge in [0.1, 0.15) is 5.75 Å². The lowest BCUT2D eigenvalue weighted by molar-refractivity contribution is -0.157. The fourth-order valence-corrected chi connectivity index (χ4v) is 2.05. The third-order valence-electron chi connectivity index (χ3n) is 3.76. The van der Waals surface area contributed by atoms with E-state index in [0.29, 0.717) is 23.3 Å². The van der Waals surface area contributed by atoms with E-state index in [1.807, 2.05) is 6.92 Å². The van der Waals surface area contributed by atoms with Crippen LogP contribution < -0.4 is 4.74 Å². The van der Waals surface area contributed by atoms with Crippen LogP contribution in [0.2, 0.25) is 0 Å².